The van der Waals surface area contributed by atoms with Crippen LogP contribution in [-0.2, 0) is 0 Å². The third-order valence-corrected chi connectivity index (χ3v) is 2.46. The number of benzene rings is 1. The molecular weight excluding hydrogens is 217 g/mol. The van der Waals surface area contributed by atoms with Gasteiger partial charge in [-0.15, -0.1) is 0 Å². The van der Waals surface area contributed by atoms with Crippen LogP contribution in [0.4, 0.5) is 10.1 Å². The molecule has 0 aliphatic heterocycles. The maximum atomic E-state index is 13.2. The van der Waals surface area contributed by atoms with Crippen molar-refractivity contribution in [1.29, 1.82) is 0 Å². The van der Waals surface area contributed by atoms with Gasteiger partial charge in [0.05, 0.1) is 10.7 Å². The van der Waals surface area contributed by atoms with Crippen LogP contribution in [0.5, 0.6) is 0 Å². The summed E-state index contributed by atoms with van der Waals surface area (Å²) < 4.78 is 13.2. The van der Waals surface area contributed by atoms with Crippen LogP contribution in [0.15, 0.2) is 12.1 Å². The Bertz CT molecular complexity index is 331. The average Bonchev–Trinajstić information content (AvgIpc) is 2.20. The summed E-state index contributed by atoms with van der Waals surface area (Å²) in [5.41, 5.74) is 1.15. The summed E-state index contributed by atoms with van der Waals surface area (Å²) >= 11 is 5.94. The van der Waals surface area contributed by atoms with Gasteiger partial charge in [-0.2, -0.15) is 0 Å². The second-order valence-corrected chi connectivity index (χ2v) is 3.85. The molecule has 0 amide bonds. The maximum Gasteiger partial charge on any atom is 0.128 e. The third-order valence-electron chi connectivity index (χ3n) is 2.15. The number of unbranched alkanes of at least 4 members (excludes halogenated alkanes) is 1. The molecule has 0 saturated heterocycles. The van der Waals surface area contributed by atoms with E-state index in [4.69, 9.17) is 16.7 Å². The van der Waals surface area contributed by atoms with E-state index in [1.54, 1.807) is 13.0 Å². The number of aliphatic hydroxyl groups is 1. The Labute approximate surface area is 94.1 Å². The van der Waals surface area contributed by atoms with E-state index in [0.717, 1.165) is 12.8 Å². The number of aryl methyl sites for hydroxylation is 1. The minimum atomic E-state index is -0.260. The monoisotopic (exact) mass is 231 g/mol. The number of halogens is 2. The van der Waals surface area contributed by atoms with E-state index in [0.29, 0.717) is 22.8 Å². The van der Waals surface area contributed by atoms with Gasteiger partial charge in [0.1, 0.15) is 5.82 Å². The van der Waals surface area contributed by atoms with Crippen LogP contribution in [0.3, 0.4) is 0 Å². The normalized spacial score (nSPS) is 10.4. The van der Waals surface area contributed by atoms with Gasteiger partial charge in [0, 0.05) is 13.2 Å². The standard InChI is InChI=1S/C11H15ClFNO/c1-8-6-9(12)11(7-10(8)13)14-4-2-3-5-15/h6-7,14-15H,2-5H2,1H3. The number of hydrogen-bond acceptors (Lipinski definition) is 2. The highest BCUT2D eigenvalue weighted by atomic mass is 35.5. The average molecular weight is 232 g/mol. The Morgan fingerprint density at radius 1 is 1.40 bits per heavy atom. The first-order chi connectivity index (χ1) is 7.15. The number of aliphatic hydroxyl groups excluding tert-OH is 1. The van der Waals surface area contributed by atoms with Crippen LogP contribution in [-0.4, -0.2) is 18.3 Å². The number of rotatable bonds is 5. The van der Waals surface area contributed by atoms with Crippen LogP contribution in [0.25, 0.3) is 0 Å². The third kappa shape index (κ3) is 3.68. The van der Waals surface area contributed by atoms with Crippen molar-refractivity contribution in [3.63, 3.8) is 0 Å². The molecule has 0 atom stereocenters. The van der Waals surface area contributed by atoms with Gasteiger partial charge in [0.2, 0.25) is 0 Å². The molecule has 2 nitrogen and oxygen atoms in total. The van der Waals surface area contributed by atoms with Gasteiger partial charge in [-0.25, -0.2) is 4.39 Å². The Morgan fingerprint density at radius 3 is 2.80 bits per heavy atom. The van der Waals surface area contributed by atoms with Crippen LogP contribution in [0.2, 0.25) is 5.02 Å². The lowest BCUT2D eigenvalue weighted by Crippen LogP contribution is -2.03. The van der Waals surface area contributed by atoms with Gasteiger partial charge in [-0.05, 0) is 37.5 Å². The molecule has 0 fully saturated rings. The van der Waals surface area contributed by atoms with Gasteiger partial charge >= 0.3 is 0 Å². The van der Waals surface area contributed by atoms with E-state index in [1.807, 2.05) is 0 Å². The molecule has 4 heteroatoms. The zero-order valence-electron chi connectivity index (χ0n) is 8.69. The summed E-state index contributed by atoms with van der Waals surface area (Å²) in [4.78, 5) is 0. The van der Waals surface area contributed by atoms with E-state index >= 15 is 0 Å². The van der Waals surface area contributed by atoms with Crippen LogP contribution in [0.1, 0.15) is 18.4 Å². The van der Waals surface area contributed by atoms with Crippen LogP contribution < -0.4 is 5.32 Å². The molecule has 0 heterocycles. The van der Waals surface area contributed by atoms with Crippen molar-refractivity contribution >= 4 is 17.3 Å². The van der Waals surface area contributed by atoms with Gasteiger partial charge in [0.25, 0.3) is 0 Å². The first-order valence-corrected chi connectivity index (χ1v) is 5.33. The van der Waals surface area contributed by atoms with Crippen molar-refractivity contribution in [2.45, 2.75) is 19.8 Å². The first kappa shape index (κ1) is 12.3. The molecule has 1 rings (SSSR count). The Hall–Kier alpha value is -0.800. The van der Waals surface area contributed by atoms with Crippen molar-refractivity contribution in [3.8, 4) is 0 Å². The summed E-state index contributed by atoms with van der Waals surface area (Å²) in [6.07, 6.45) is 1.57. The summed E-state index contributed by atoms with van der Waals surface area (Å²) in [6, 6.07) is 3.00. The van der Waals surface area contributed by atoms with Gasteiger partial charge in [-0.1, -0.05) is 11.6 Å². The maximum absolute atomic E-state index is 13.2. The molecule has 84 valence electrons. The van der Waals surface area contributed by atoms with E-state index in [1.165, 1.54) is 6.07 Å². The van der Waals surface area contributed by atoms with Crippen molar-refractivity contribution < 1.29 is 9.50 Å². The molecule has 0 bridgehead atoms. The van der Waals surface area contributed by atoms with Gasteiger partial charge in [-0.3, -0.25) is 0 Å². The second kappa shape index (κ2) is 5.93. The predicted molar refractivity (Wildman–Crippen MR) is 61.0 cm³/mol. The fourth-order valence-electron chi connectivity index (χ4n) is 1.24. The predicted octanol–water partition coefficient (Wildman–Crippen LogP) is 2.97. The van der Waals surface area contributed by atoms with Crippen LogP contribution >= 0.6 is 11.6 Å². The molecule has 0 aliphatic rings. The Kier molecular flexibility index (Phi) is 4.85. The summed E-state index contributed by atoms with van der Waals surface area (Å²) in [5.74, 6) is -0.260. The second-order valence-electron chi connectivity index (χ2n) is 3.44. The van der Waals surface area contributed by atoms with Gasteiger partial charge in [0.15, 0.2) is 0 Å². The van der Waals surface area contributed by atoms with E-state index in [9.17, 15) is 4.39 Å². The number of anilines is 1. The Balaban J connectivity index is 2.57. The zero-order chi connectivity index (χ0) is 11.3. The summed E-state index contributed by atoms with van der Waals surface area (Å²) in [7, 11) is 0. The zero-order valence-corrected chi connectivity index (χ0v) is 9.44. The highest BCUT2D eigenvalue weighted by Crippen LogP contribution is 2.24. The fourth-order valence-corrected chi connectivity index (χ4v) is 1.53. The highest BCUT2D eigenvalue weighted by Gasteiger charge is 2.04. The quantitative estimate of drug-likeness (QED) is 0.764. The Morgan fingerprint density at radius 2 is 2.13 bits per heavy atom. The van der Waals surface area contributed by atoms with Crippen LogP contribution in [0, 0.1) is 12.7 Å². The minimum Gasteiger partial charge on any atom is -0.396 e. The number of nitrogens with one attached hydrogen (secondary N) is 1. The first-order valence-electron chi connectivity index (χ1n) is 4.95. The van der Waals surface area contributed by atoms with Crippen molar-refractivity contribution in [1.82, 2.24) is 0 Å². The fraction of sp³-hybridized carbons (Fsp3) is 0.455. The summed E-state index contributed by atoms with van der Waals surface area (Å²) in [6.45, 7) is 2.54. The van der Waals surface area contributed by atoms with Crippen molar-refractivity contribution in [2.24, 2.45) is 0 Å². The topological polar surface area (TPSA) is 32.3 Å². The van der Waals surface area contributed by atoms with Crippen molar-refractivity contribution in [2.75, 3.05) is 18.5 Å². The molecule has 0 aromatic heterocycles. The largest absolute Gasteiger partial charge is 0.396 e. The molecule has 2 N–H and O–H groups in total. The van der Waals surface area contributed by atoms with Gasteiger partial charge < -0.3 is 10.4 Å². The van der Waals surface area contributed by atoms with E-state index < -0.39 is 0 Å². The lowest BCUT2D eigenvalue weighted by molar-refractivity contribution is 0.286. The molecule has 15 heavy (non-hydrogen) atoms. The summed E-state index contributed by atoms with van der Waals surface area (Å²) in [5, 5.41) is 12.1. The molecule has 0 radical (unpaired) electrons. The molecular formula is C11H15ClFNO. The highest BCUT2D eigenvalue weighted by molar-refractivity contribution is 6.33. The smallest absolute Gasteiger partial charge is 0.128 e. The molecule has 1 aromatic rings. The lowest BCUT2D eigenvalue weighted by Gasteiger charge is -2.09. The molecule has 1 aromatic carbocycles. The molecule has 0 unspecified atom stereocenters. The SMILES string of the molecule is Cc1cc(Cl)c(NCCCCO)cc1F. The van der Waals surface area contributed by atoms with Crippen molar-refractivity contribution in [3.05, 3.63) is 28.5 Å². The molecule has 0 aliphatic carbocycles. The molecule has 0 spiro atoms. The molecule has 0 saturated carbocycles. The van der Waals surface area contributed by atoms with E-state index in [-0.39, 0.29) is 12.4 Å². The van der Waals surface area contributed by atoms with E-state index in [2.05, 4.69) is 5.32 Å². The minimum absolute atomic E-state index is 0.178. The number of hydrogen-bond donors (Lipinski definition) is 2. The lowest BCUT2D eigenvalue weighted by atomic mass is 10.2.